The number of hydrogen-bond donors (Lipinski definition) is 1. The lowest BCUT2D eigenvalue weighted by atomic mass is 10.2. The van der Waals surface area contributed by atoms with Crippen LogP contribution in [0.25, 0.3) is 0 Å². The van der Waals surface area contributed by atoms with Crippen molar-refractivity contribution in [3.05, 3.63) is 58.3 Å². The molecule has 1 saturated heterocycles. The average Bonchev–Trinajstić information content (AvgIpc) is 2.66. The Labute approximate surface area is 175 Å². The fourth-order valence-electron chi connectivity index (χ4n) is 2.57. The molecule has 1 aliphatic heterocycles. The highest BCUT2D eigenvalue weighted by Gasteiger charge is 2.35. The molecule has 0 aliphatic carbocycles. The molecule has 1 unspecified atom stereocenters. The molecule has 1 atom stereocenters. The fourth-order valence-corrected chi connectivity index (χ4v) is 4.03. The number of benzene rings is 2. The van der Waals surface area contributed by atoms with Crippen LogP contribution in [0.3, 0.4) is 0 Å². The van der Waals surface area contributed by atoms with Gasteiger partial charge in [0.15, 0.2) is 5.17 Å². The number of nitrogens with zero attached hydrogens (tertiary/aromatic N) is 2. The first-order chi connectivity index (χ1) is 13.4. The molecule has 1 heterocycles. The van der Waals surface area contributed by atoms with Gasteiger partial charge in [-0.3, -0.25) is 14.5 Å². The van der Waals surface area contributed by atoms with Crippen LogP contribution in [0.2, 0.25) is 10.0 Å². The Bertz CT molecular complexity index is 937. The number of amides is 2. The monoisotopic (exact) mass is 439 g/mol. The van der Waals surface area contributed by atoms with Crippen LogP contribution < -0.4 is 5.32 Å². The van der Waals surface area contributed by atoms with Gasteiger partial charge >= 0.3 is 0 Å². The van der Waals surface area contributed by atoms with Crippen LogP contribution in [0.1, 0.15) is 13.3 Å². The quantitative estimate of drug-likeness (QED) is 0.719. The summed E-state index contributed by atoms with van der Waals surface area (Å²) in [5, 5.41) is 3.22. The first kappa shape index (κ1) is 20.6. The van der Waals surface area contributed by atoms with Crippen molar-refractivity contribution >= 4 is 63.3 Å². The standard InChI is InChI=1S/C19H16Cl2FN3O2S/c1-2-25-17(26)10-16(18(27)23-12-5-3-11(22)4-6-12)28-19(25)24-13-7-8-14(20)15(21)9-13/h3-9,16H,2,10H2,1H3,(H,23,27). The van der Waals surface area contributed by atoms with E-state index in [-0.39, 0.29) is 18.2 Å². The molecule has 28 heavy (non-hydrogen) atoms. The molecule has 0 aromatic heterocycles. The second kappa shape index (κ2) is 8.94. The molecule has 3 rings (SSSR count). The van der Waals surface area contributed by atoms with E-state index >= 15 is 0 Å². The minimum atomic E-state index is -0.651. The molecular weight excluding hydrogens is 424 g/mol. The van der Waals surface area contributed by atoms with Gasteiger partial charge in [-0.25, -0.2) is 9.38 Å². The highest BCUT2D eigenvalue weighted by molar-refractivity contribution is 8.15. The number of aliphatic imine (C=N–C) groups is 1. The third-order valence-electron chi connectivity index (χ3n) is 3.99. The minimum absolute atomic E-state index is 0.0475. The lowest BCUT2D eigenvalue weighted by Gasteiger charge is -2.30. The van der Waals surface area contributed by atoms with E-state index in [1.54, 1.807) is 18.2 Å². The molecule has 0 saturated carbocycles. The summed E-state index contributed by atoms with van der Waals surface area (Å²) in [7, 11) is 0. The van der Waals surface area contributed by atoms with Gasteiger partial charge in [0.05, 0.1) is 15.7 Å². The highest BCUT2D eigenvalue weighted by Crippen LogP contribution is 2.32. The lowest BCUT2D eigenvalue weighted by Crippen LogP contribution is -2.45. The zero-order valence-electron chi connectivity index (χ0n) is 14.8. The molecule has 0 spiro atoms. The summed E-state index contributed by atoms with van der Waals surface area (Å²) < 4.78 is 13.0. The van der Waals surface area contributed by atoms with Crippen molar-refractivity contribution in [2.75, 3.05) is 11.9 Å². The van der Waals surface area contributed by atoms with Gasteiger partial charge in [0, 0.05) is 18.7 Å². The smallest absolute Gasteiger partial charge is 0.238 e. The van der Waals surface area contributed by atoms with Crippen molar-refractivity contribution in [3.8, 4) is 0 Å². The Morgan fingerprint density at radius 2 is 1.96 bits per heavy atom. The second-order valence-electron chi connectivity index (χ2n) is 5.94. The maximum atomic E-state index is 13.0. The summed E-state index contributed by atoms with van der Waals surface area (Å²) >= 11 is 13.2. The van der Waals surface area contributed by atoms with Crippen molar-refractivity contribution in [3.63, 3.8) is 0 Å². The van der Waals surface area contributed by atoms with Gasteiger partial charge in [0.1, 0.15) is 11.1 Å². The maximum absolute atomic E-state index is 13.0. The van der Waals surface area contributed by atoms with Gasteiger partial charge in [0.2, 0.25) is 11.8 Å². The molecule has 2 aromatic carbocycles. The normalized spacial score (nSPS) is 18.4. The Hall–Kier alpha value is -2.09. The van der Waals surface area contributed by atoms with Crippen molar-refractivity contribution in [1.82, 2.24) is 4.90 Å². The number of carbonyl (C=O) groups excluding carboxylic acids is 2. The zero-order chi connectivity index (χ0) is 20.3. The number of amidine groups is 1. The molecule has 2 aromatic rings. The fraction of sp³-hybridized carbons (Fsp3) is 0.211. The SMILES string of the molecule is CCN1C(=O)CC(C(=O)Nc2ccc(F)cc2)SC1=Nc1ccc(Cl)c(Cl)c1. The van der Waals surface area contributed by atoms with E-state index in [9.17, 15) is 14.0 Å². The third kappa shape index (κ3) is 4.84. The van der Waals surface area contributed by atoms with Gasteiger partial charge in [-0.2, -0.15) is 0 Å². The van der Waals surface area contributed by atoms with E-state index in [0.29, 0.717) is 33.1 Å². The Kier molecular flexibility index (Phi) is 6.59. The first-order valence-corrected chi connectivity index (χ1v) is 10.1. The second-order valence-corrected chi connectivity index (χ2v) is 7.92. The summed E-state index contributed by atoms with van der Waals surface area (Å²) in [6, 6.07) is 10.3. The van der Waals surface area contributed by atoms with Crippen LogP contribution in [0.5, 0.6) is 0 Å². The number of anilines is 1. The molecule has 1 N–H and O–H groups in total. The van der Waals surface area contributed by atoms with E-state index in [0.717, 1.165) is 0 Å². The molecule has 0 radical (unpaired) electrons. The molecular formula is C19H16Cl2FN3O2S. The lowest BCUT2D eigenvalue weighted by molar-refractivity contribution is -0.129. The van der Waals surface area contributed by atoms with Gasteiger partial charge < -0.3 is 5.32 Å². The number of rotatable bonds is 4. The zero-order valence-corrected chi connectivity index (χ0v) is 17.1. The van der Waals surface area contributed by atoms with E-state index in [2.05, 4.69) is 10.3 Å². The number of carbonyl (C=O) groups is 2. The van der Waals surface area contributed by atoms with Crippen molar-refractivity contribution in [1.29, 1.82) is 0 Å². The van der Waals surface area contributed by atoms with Crippen LogP contribution >= 0.6 is 35.0 Å². The topological polar surface area (TPSA) is 61.8 Å². The molecule has 2 amide bonds. The average molecular weight is 440 g/mol. The summed E-state index contributed by atoms with van der Waals surface area (Å²) in [6.45, 7) is 2.26. The minimum Gasteiger partial charge on any atom is -0.325 e. The molecule has 5 nitrogen and oxygen atoms in total. The van der Waals surface area contributed by atoms with Crippen molar-refractivity contribution in [2.24, 2.45) is 4.99 Å². The number of thioether (sulfide) groups is 1. The van der Waals surface area contributed by atoms with E-state index < -0.39 is 11.1 Å². The molecule has 146 valence electrons. The van der Waals surface area contributed by atoms with Gasteiger partial charge in [-0.05, 0) is 49.4 Å². The van der Waals surface area contributed by atoms with Crippen LogP contribution in [0, 0.1) is 5.82 Å². The van der Waals surface area contributed by atoms with Gasteiger partial charge in [0.25, 0.3) is 0 Å². The summed E-state index contributed by atoms with van der Waals surface area (Å²) in [5.74, 6) is -0.934. The number of hydrogen-bond acceptors (Lipinski definition) is 4. The van der Waals surface area contributed by atoms with Gasteiger partial charge in [-0.1, -0.05) is 35.0 Å². The van der Waals surface area contributed by atoms with Crippen LogP contribution in [0.4, 0.5) is 15.8 Å². The Morgan fingerprint density at radius 1 is 1.25 bits per heavy atom. The largest absolute Gasteiger partial charge is 0.325 e. The van der Waals surface area contributed by atoms with E-state index in [4.69, 9.17) is 23.2 Å². The van der Waals surface area contributed by atoms with E-state index in [1.165, 1.54) is 40.9 Å². The molecule has 0 bridgehead atoms. The summed E-state index contributed by atoms with van der Waals surface area (Å²) in [5.41, 5.74) is 0.989. The summed E-state index contributed by atoms with van der Waals surface area (Å²) in [6.07, 6.45) is 0.0475. The van der Waals surface area contributed by atoms with Gasteiger partial charge in [-0.15, -0.1) is 0 Å². The van der Waals surface area contributed by atoms with Crippen molar-refractivity contribution < 1.29 is 14.0 Å². The molecule has 1 fully saturated rings. The van der Waals surface area contributed by atoms with Crippen LogP contribution in [-0.4, -0.2) is 33.7 Å². The van der Waals surface area contributed by atoms with Crippen LogP contribution in [-0.2, 0) is 9.59 Å². The Balaban J connectivity index is 1.82. The van der Waals surface area contributed by atoms with Crippen molar-refractivity contribution in [2.45, 2.75) is 18.6 Å². The predicted molar refractivity (Wildman–Crippen MR) is 112 cm³/mol. The number of nitrogens with one attached hydrogen (secondary N) is 1. The number of halogens is 3. The van der Waals surface area contributed by atoms with Crippen LogP contribution in [0.15, 0.2) is 47.5 Å². The third-order valence-corrected chi connectivity index (χ3v) is 5.91. The Morgan fingerprint density at radius 3 is 2.61 bits per heavy atom. The first-order valence-electron chi connectivity index (χ1n) is 8.44. The van der Waals surface area contributed by atoms with E-state index in [1.807, 2.05) is 6.92 Å². The highest BCUT2D eigenvalue weighted by atomic mass is 35.5. The molecule has 1 aliphatic rings. The summed E-state index contributed by atoms with van der Waals surface area (Å²) in [4.78, 5) is 31.1. The maximum Gasteiger partial charge on any atom is 0.238 e. The predicted octanol–water partition coefficient (Wildman–Crippen LogP) is 5.11. The molecule has 9 heteroatoms.